The maximum Gasteiger partial charge on any atom is 0.317 e. The van der Waals surface area contributed by atoms with Gasteiger partial charge in [-0.1, -0.05) is 41.9 Å². The van der Waals surface area contributed by atoms with Crippen molar-refractivity contribution in [2.24, 2.45) is 0 Å². The molecule has 0 atom stereocenters. The van der Waals surface area contributed by atoms with Crippen LogP contribution < -0.4 is 10.1 Å². The number of aryl methyl sites for hydroxylation is 1. The highest BCUT2D eigenvalue weighted by Crippen LogP contribution is 2.20. The molecule has 2 rings (SSSR count). The summed E-state index contributed by atoms with van der Waals surface area (Å²) in [5, 5.41) is 3.55. The number of carbonyl (C=O) groups is 1. The van der Waals surface area contributed by atoms with E-state index in [0.29, 0.717) is 24.7 Å². The van der Waals surface area contributed by atoms with Crippen LogP contribution in [0, 0.1) is 6.92 Å². The van der Waals surface area contributed by atoms with E-state index >= 15 is 0 Å². The Balaban J connectivity index is 1.71. The number of hydrogen-bond acceptors (Lipinski definition) is 2. The minimum Gasteiger partial charge on any atom is -0.492 e. The number of urea groups is 1. The molecule has 0 fully saturated rings. The molecule has 0 aromatic heterocycles. The number of halogens is 1. The first-order chi connectivity index (χ1) is 11.1. The second-order valence-corrected chi connectivity index (χ2v) is 5.74. The van der Waals surface area contributed by atoms with Crippen molar-refractivity contribution in [3.63, 3.8) is 0 Å². The maximum absolute atomic E-state index is 12.0. The first-order valence-electron chi connectivity index (χ1n) is 7.48. The summed E-state index contributed by atoms with van der Waals surface area (Å²) in [5.41, 5.74) is 2.06. The van der Waals surface area contributed by atoms with E-state index in [2.05, 4.69) is 5.32 Å². The quantitative estimate of drug-likeness (QED) is 0.816. The lowest BCUT2D eigenvalue weighted by atomic mass is 10.2. The molecule has 5 heteroatoms. The van der Waals surface area contributed by atoms with Gasteiger partial charge >= 0.3 is 6.03 Å². The minimum absolute atomic E-state index is 0.121. The molecule has 2 amide bonds. The Kier molecular flexibility index (Phi) is 6.29. The van der Waals surface area contributed by atoms with Gasteiger partial charge in [0.2, 0.25) is 0 Å². The molecule has 1 N–H and O–H groups in total. The topological polar surface area (TPSA) is 41.6 Å². The molecule has 0 saturated carbocycles. The first kappa shape index (κ1) is 17.2. The van der Waals surface area contributed by atoms with Crippen molar-refractivity contribution < 1.29 is 9.53 Å². The number of carbonyl (C=O) groups excluding carboxylic acids is 1. The third kappa shape index (κ3) is 5.49. The summed E-state index contributed by atoms with van der Waals surface area (Å²) in [4.78, 5) is 13.6. The number of ether oxygens (including phenoxy) is 1. The molecule has 0 aliphatic heterocycles. The zero-order valence-corrected chi connectivity index (χ0v) is 14.1. The van der Waals surface area contributed by atoms with Gasteiger partial charge in [0.1, 0.15) is 12.4 Å². The van der Waals surface area contributed by atoms with Crippen molar-refractivity contribution in [2.45, 2.75) is 13.5 Å². The lowest BCUT2D eigenvalue weighted by Crippen LogP contribution is -2.38. The van der Waals surface area contributed by atoms with Crippen molar-refractivity contribution in [1.82, 2.24) is 10.2 Å². The Hall–Kier alpha value is -2.20. The molecule has 0 saturated heterocycles. The van der Waals surface area contributed by atoms with E-state index in [1.54, 1.807) is 18.0 Å². The van der Waals surface area contributed by atoms with Crippen LogP contribution in [0.25, 0.3) is 0 Å². The Bertz CT molecular complexity index is 647. The third-order valence-corrected chi connectivity index (χ3v) is 3.81. The van der Waals surface area contributed by atoms with Crippen LogP contribution in [0.3, 0.4) is 0 Å². The van der Waals surface area contributed by atoms with E-state index in [4.69, 9.17) is 16.3 Å². The van der Waals surface area contributed by atoms with Gasteiger partial charge in [-0.05, 0) is 36.2 Å². The molecule has 0 heterocycles. The van der Waals surface area contributed by atoms with Crippen molar-refractivity contribution in [1.29, 1.82) is 0 Å². The lowest BCUT2D eigenvalue weighted by Gasteiger charge is -2.18. The molecule has 0 aliphatic rings. The molecular weight excluding hydrogens is 312 g/mol. The lowest BCUT2D eigenvalue weighted by molar-refractivity contribution is 0.203. The molecule has 4 nitrogen and oxygen atoms in total. The number of hydrogen-bond donors (Lipinski definition) is 1. The highest BCUT2D eigenvalue weighted by molar-refractivity contribution is 6.31. The summed E-state index contributed by atoms with van der Waals surface area (Å²) in [6.45, 7) is 3.35. The Morgan fingerprint density at radius 1 is 1.22 bits per heavy atom. The van der Waals surface area contributed by atoms with Gasteiger partial charge in [0.25, 0.3) is 0 Å². The number of nitrogens with one attached hydrogen (secondary N) is 1. The molecule has 122 valence electrons. The normalized spacial score (nSPS) is 10.2. The SMILES string of the molecule is Cc1cc(OCCNC(=O)N(C)Cc2ccccc2)ccc1Cl. The van der Waals surface area contributed by atoms with Gasteiger partial charge in [-0.15, -0.1) is 0 Å². The number of nitrogens with zero attached hydrogens (tertiary/aromatic N) is 1. The zero-order chi connectivity index (χ0) is 16.7. The van der Waals surface area contributed by atoms with Gasteiger partial charge < -0.3 is 15.0 Å². The number of rotatable bonds is 6. The summed E-state index contributed by atoms with van der Waals surface area (Å²) >= 11 is 5.97. The molecular formula is C18H21ClN2O2. The molecule has 0 aliphatic carbocycles. The summed E-state index contributed by atoms with van der Waals surface area (Å²) in [6.07, 6.45) is 0. The molecule has 23 heavy (non-hydrogen) atoms. The fourth-order valence-corrected chi connectivity index (χ4v) is 2.22. The van der Waals surface area contributed by atoms with Gasteiger partial charge in [0.05, 0.1) is 6.54 Å². The van der Waals surface area contributed by atoms with Crippen LogP contribution in [-0.4, -0.2) is 31.1 Å². The van der Waals surface area contributed by atoms with Crippen LogP contribution in [0.5, 0.6) is 5.75 Å². The van der Waals surface area contributed by atoms with Gasteiger partial charge in [-0.25, -0.2) is 4.79 Å². The van der Waals surface area contributed by atoms with Crippen LogP contribution in [0.15, 0.2) is 48.5 Å². The summed E-state index contributed by atoms with van der Waals surface area (Å²) < 4.78 is 5.60. The zero-order valence-electron chi connectivity index (χ0n) is 13.4. The van der Waals surface area contributed by atoms with Gasteiger partial charge in [0.15, 0.2) is 0 Å². The summed E-state index contributed by atoms with van der Waals surface area (Å²) in [5.74, 6) is 0.749. The van der Waals surface area contributed by atoms with E-state index in [9.17, 15) is 4.79 Å². The second-order valence-electron chi connectivity index (χ2n) is 5.33. The Labute approximate surface area is 142 Å². The standard InChI is InChI=1S/C18H21ClN2O2/c1-14-12-16(8-9-17(14)19)23-11-10-20-18(22)21(2)13-15-6-4-3-5-7-15/h3-9,12H,10-11,13H2,1-2H3,(H,20,22). The molecule has 0 unspecified atom stereocenters. The highest BCUT2D eigenvalue weighted by Gasteiger charge is 2.08. The number of benzene rings is 2. The van der Waals surface area contributed by atoms with Gasteiger partial charge in [-0.3, -0.25) is 0 Å². The monoisotopic (exact) mass is 332 g/mol. The average Bonchev–Trinajstić information content (AvgIpc) is 2.55. The van der Waals surface area contributed by atoms with Crippen LogP contribution in [0.2, 0.25) is 5.02 Å². The van der Waals surface area contributed by atoms with Crippen molar-refractivity contribution >= 4 is 17.6 Å². The Morgan fingerprint density at radius 3 is 2.65 bits per heavy atom. The third-order valence-electron chi connectivity index (χ3n) is 3.39. The second kappa shape index (κ2) is 8.44. The molecule has 2 aromatic rings. The molecule has 0 bridgehead atoms. The van der Waals surface area contributed by atoms with Gasteiger partial charge in [0, 0.05) is 18.6 Å². The fourth-order valence-electron chi connectivity index (χ4n) is 2.10. The smallest absolute Gasteiger partial charge is 0.317 e. The molecule has 0 radical (unpaired) electrons. The number of amides is 2. The van der Waals surface area contributed by atoms with Crippen molar-refractivity contribution in [3.8, 4) is 5.75 Å². The Morgan fingerprint density at radius 2 is 1.96 bits per heavy atom. The van der Waals surface area contributed by atoms with E-state index in [1.165, 1.54) is 0 Å². The van der Waals surface area contributed by atoms with E-state index in [-0.39, 0.29) is 6.03 Å². The summed E-state index contributed by atoms with van der Waals surface area (Å²) in [6, 6.07) is 15.3. The van der Waals surface area contributed by atoms with Gasteiger partial charge in [-0.2, -0.15) is 0 Å². The van der Waals surface area contributed by atoms with Crippen LogP contribution in [0.1, 0.15) is 11.1 Å². The molecule has 2 aromatic carbocycles. The van der Waals surface area contributed by atoms with Crippen LogP contribution >= 0.6 is 11.6 Å². The first-order valence-corrected chi connectivity index (χ1v) is 7.86. The summed E-state index contributed by atoms with van der Waals surface area (Å²) in [7, 11) is 1.77. The highest BCUT2D eigenvalue weighted by atomic mass is 35.5. The predicted molar refractivity (Wildman–Crippen MR) is 93.0 cm³/mol. The van der Waals surface area contributed by atoms with E-state index in [1.807, 2.05) is 49.4 Å². The minimum atomic E-state index is -0.121. The van der Waals surface area contributed by atoms with E-state index < -0.39 is 0 Å². The predicted octanol–water partition coefficient (Wildman–Crippen LogP) is 3.87. The van der Waals surface area contributed by atoms with Crippen molar-refractivity contribution in [2.75, 3.05) is 20.2 Å². The average molecular weight is 333 g/mol. The maximum atomic E-state index is 12.0. The van der Waals surface area contributed by atoms with E-state index in [0.717, 1.165) is 16.9 Å². The fraction of sp³-hybridized carbons (Fsp3) is 0.278. The van der Waals surface area contributed by atoms with Crippen LogP contribution in [0.4, 0.5) is 4.79 Å². The largest absolute Gasteiger partial charge is 0.492 e. The van der Waals surface area contributed by atoms with Crippen LogP contribution in [-0.2, 0) is 6.54 Å². The molecule has 0 spiro atoms. The van der Waals surface area contributed by atoms with Crippen molar-refractivity contribution in [3.05, 3.63) is 64.7 Å².